The highest BCUT2D eigenvalue weighted by Gasteiger charge is 2.58. The number of rotatable bonds is 4. The van der Waals surface area contributed by atoms with Crippen molar-refractivity contribution < 1.29 is 33.7 Å². The van der Waals surface area contributed by atoms with E-state index >= 15 is 0 Å². The normalized spacial score (nSPS) is 39.9. The summed E-state index contributed by atoms with van der Waals surface area (Å²) < 4.78 is 17.0. The van der Waals surface area contributed by atoms with Crippen molar-refractivity contribution in [2.75, 3.05) is 6.61 Å². The van der Waals surface area contributed by atoms with Crippen LogP contribution in [-0.4, -0.2) is 53.3 Å². The van der Waals surface area contributed by atoms with Gasteiger partial charge in [0.15, 0.2) is 0 Å². The van der Waals surface area contributed by atoms with E-state index in [1.165, 1.54) is 0 Å². The molecule has 0 aromatic rings. The van der Waals surface area contributed by atoms with Crippen LogP contribution in [0.15, 0.2) is 12.2 Å². The van der Waals surface area contributed by atoms with Gasteiger partial charge in [-0.15, -0.1) is 0 Å². The Morgan fingerprint density at radius 2 is 2.15 bits per heavy atom. The smallest absolute Gasteiger partial charge is 0.334 e. The number of hydrogen-bond acceptors (Lipinski definition) is 7. The first-order chi connectivity index (χ1) is 12.7. The summed E-state index contributed by atoms with van der Waals surface area (Å²) in [5.74, 6) is -2.44. The Bertz CT molecular complexity index is 657. The largest absolute Gasteiger partial charge is 0.461 e. The molecule has 3 rings (SSSR count). The summed E-state index contributed by atoms with van der Waals surface area (Å²) in [5.41, 5.74) is -0.364. The number of Topliss-reactive ketones (excluding diaryl/α,β-unsaturated/α-hetero) is 1. The quantitative estimate of drug-likeness (QED) is 0.448. The lowest BCUT2D eigenvalue weighted by Gasteiger charge is -2.31. The van der Waals surface area contributed by atoms with Crippen LogP contribution in [0.5, 0.6) is 0 Å². The van der Waals surface area contributed by atoms with Gasteiger partial charge in [-0.1, -0.05) is 20.4 Å². The van der Waals surface area contributed by atoms with E-state index in [4.69, 9.17) is 14.2 Å². The molecule has 2 heterocycles. The minimum atomic E-state index is -0.653. The van der Waals surface area contributed by atoms with E-state index in [2.05, 4.69) is 6.58 Å². The number of aliphatic hydroxyl groups excluding tert-OH is 1. The summed E-state index contributed by atoms with van der Waals surface area (Å²) in [4.78, 5) is 37.1. The zero-order chi connectivity index (χ0) is 19.9. The Kier molecular flexibility index (Phi) is 5.45. The van der Waals surface area contributed by atoms with Gasteiger partial charge in [0.25, 0.3) is 0 Å². The molecular formula is C20H28O7. The standard InChI is InChI=1S/C20H28O7/c1-5-10(2)18(23)26-15-8-20(4)16(27-20)7-13(22)12(9-21)6-14-17(15)11(3)19(24)25-14/h10,12,14-17,21H,3,5-9H2,1-2,4H3. The maximum absolute atomic E-state index is 12.5. The van der Waals surface area contributed by atoms with Gasteiger partial charge < -0.3 is 19.3 Å². The maximum atomic E-state index is 12.5. The number of carbonyl (C=O) groups is 3. The third-order valence-electron chi connectivity index (χ3n) is 6.23. The van der Waals surface area contributed by atoms with Crippen LogP contribution in [0.25, 0.3) is 0 Å². The maximum Gasteiger partial charge on any atom is 0.334 e. The first-order valence-electron chi connectivity index (χ1n) is 9.61. The molecule has 0 amide bonds. The van der Waals surface area contributed by atoms with Gasteiger partial charge in [-0.2, -0.15) is 0 Å². The number of ether oxygens (including phenoxy) is 3. The van der Waals surface area contributed by atoms with Crippen molar-refractivity contribution in [3.63, 3.8) is 0 Å². The van der Waals surface area contributed by atoms with Crippen molar-refractivity contribution in [2.24, 2.45) is 17.8 Å². The second-order valence-electron chi connectivity index (χ2n) is 8.19. The molecule has 1 saturated carbocycles. The fourth-order valence-electron chi connectivity index (χ4n) is 4.04. The van der Waals surface area contributed by atoms with Crippen LogP contribution in [0.4, 0.5) is 0 Å². The van der Waals surface area contributed by atoms with Crippen molar-refractivity contribution in [3.8, 4) is 0 Å². The highest BCUT2D eigenvalue weighted by Crippen LogP contribution is 2.48. The van der Waals surface area contributed by atoms with E-state index in [0.717, 1.165) is 0 Å². The molecule has 150 valence electrons. The first-order valence-corrected chi connectivity index (χ1v) is 9.61. The molecule has 27 heavy (non-hydrogen) atoms. The molecule has 7 atom stereocenters. The van der Waals surface area contributed by atoms with Crippen molar-refractivity contribution in [1.82, 2.24) is 0 Å². The molecule has 0 aromatic carbocycles. The summed E-state index contributed by atoms with van der Waals surface area (Å²) in [6.45, 7) is 9.09. The summed E-state index contributed by atoms with van der Waals surface area (Å²) in [7, 11) is 0. The topological polar surface area (TPSA) is 102 Å². The number of esters is 2. The monoisotopic (exact) mass is 380 g/mol. The Morgan fingerprint density at radius 1 is 1.44 bits per heavy atom. The summed E-state index contributed by atoms with van der Waals surface area (Å²) in [5, 5.41) is 9.66. The van der Waals surface area contributed by atoms with Gasteiger partial charge in [0.1, 0.15) is 18.0 Å². The molecule has 7 nitrogen and oxygen atoms in total. The van der Waals surface area contributed by atoms with Crippen LogP contribution >= 0.6 is 0 Å². The Labute approximate surface area is 159 Å². The van der Waals surface area contributed by atoms with E-state index in [0.29, 0.717) is 12.8 Å². The van der Waals surface area contributed by atoms with Crippen LogP contribution in [0.3, 0.4) is 0 Å². The molecule has 1 N–H and O–H groups in total. The molecular weight excluding hydrogens is 352 g/mol. The van der Waals surface area contributed by atoms with Crippen LogP contribution in [0.1, 0.15) is 46.5 Å². The zero-order valence-electron chi connectivity index (χ0n) is 16.1. The minimum Gasteiger partial charge on any atom is -0.461 e. The number of carbonyl (C=O) groups excluding carboxylic acids is 3. The molecule has 1 aliphatic carbocycles. The number of aliphatic hydroxyl groups is 1. The van der Waals surface area contributed by atoms with E-state index in [-0.39, 0.29) is 48.8 Å². The SMILES string of the molecule is C=C1C(=O)OC2CC(CO)C(=O)CC3OC3(C)CC(OC(=O)C(C)CC)C12. The molecule has 0 aromatic heterocycles. The number of fused-ring (bicyclic) bond motifs is 2. The number of epoxide rings is 1. The minimum absolute atomic E-state index is 0.103. The zero-order valence-corrected chi connectivity index (χ0v) is 16.1. The molecule has 0 bridgehead atoms. The molecule has 7 heteroatoms. The second-order valence-corrected chi connectivity index (χ2v) is 8.19. The molecule has 2 saturated heterocycles. The van der Waals surface area contributed by atoms with Gasteiger partial charge in [-0.05, 0) is 19.8 Å². The third-order valence-corrected chi connectivity index (χ3v) is 6.23. The summed E-state index contributed by atoms with van der Waals surface area (Å²) in [6, 6.07) is 0. The van der Waals surface area contributed by atoms with E-state index < -0.39 is 35.6 Å². The fraction of sp³-hybridized carbons (Fsp3) is 0.750. The Hall–Kier alpha value is -1.73. The number of ketones is 1. The fourth-order valence-corrected chi connectivity index (χ4v) is 4.04. The number of hydrogen-bond donors (Lipinski definition) is 1. The van der Waals surface area contributed by atoms with Gasteiger partial charge in [0, 0.05) is 24.3 Å². The molecule has 3 fully saturated rings. The Balaban J connectivity index is 1.92. The lowest BCUT2D eigenvalue weighted by Crippen LogP contribution is -2.40. The van der Waals surface area contributed by atoms with Gasteiger partial charge in [-0.3, -0.25) is 9.59 Å². The van der Waals surface area contributed by atoms with Crippen LogP contribution in [-0.2, 0) is 28.6 Å². The average molecular weight is 380 g/mol. The van der Waals surface area contributed by atoms with Crippen molar-refractivity contribution in [2.45, 2.75) is 70.4 Å². The summed E-state index contributed by atoms with van der Waals surface area (Å²) in [6.07, 6.45) is -0.156. The first kappa shape index (κ1) is 20.0. The lowest BCUT2D eigenvalue weighted by atomic mass is 9.79. The van der Waals surface area contributed by atoms with E-state index in [1.54, 1.807) is 6.92 Å². The van der Waals surface area contributed by atoms with E-state index in [9.17, 15) is 19.5 Å². The van der Waals surface area contributed by atoms with Crippen molar-refractivity contribution >= 4 is 17.7 Å². The van der Waals surface area contributed by atoms with E-state index in [1.807, 2.05) is 13.8 Å². The predicted octanol–water partition coefficient (Wildman–Crippen LogP) is 1.56. The molecule has 0 radical (unpaired) electrons. The average Bonchev–Trinajstić information content (AvgIpc) is 3.15. The molecule has 7 unspecified atom stereocenters. The van der Waals surface area contributed by atoms with Crippen LogP contribution in [0.2, 0.25) is 0 Å². The molecule has 3 aliphatic rings. The predicted molar refractivity (Wildman–Crippen MR) is 94.6 cm³/mol. The highest BCUT2D eigenvalue weighted by molar-refractivity contribution is 5.91. The van der Waals surface area contributed by atoms with Crippen LogP contribution in [0, 0.1) is 17.8 Å². The van der Waals surface area contributed by atoms with Crippen LogP contribution < -0.4 is 0 Å². The summed E-state index contributed by atoms with van der Waals surface area (Å²) >= 11 is 0. The van der Waals surface area contributed by atoms with Crippen molar-refractivity contribution in [1.29, 1.82) is 0 Å². The van der Waals surface area contributed by atoms with Gasteiger partial charge >= 0.3 is 11.9 Å². The van der Waals surface area contributed by atoms with Crippen molar-refractivity contribution in [3.05, 3.63) is 12.2 Å². The van der Waals surface area contributed by atoms with Gasteiger partial charge in [-0.25, -0.2) is 4.79 Å². The van der Waals surface area contributed by atoms with Gasteiger partial charge in [0.2, 0.25) is 0 Å². The van der Waals surface area contributed by atoms with Gasteiger partial charge in [0.05, 0.1) is 30.1 Å². The highest BCUT2D eigenvalue weighted by atomic mass is 16.6. The third kappa shape index (κ3) is 3.80. The lowest BCUT2D eigenvalue weighted by molar-refractivity contribution is -0.159. The second kappa shape index (κ2) is 7.36. The Morgan fingerprint density at radius 3 is 2.78 bits per heavy atom. The molecule has 2 aliphatic heterocycles. The molecule has 0 spiro atoms.